The van der Waals surface area contributed by atoms with Crippen LogP contribution in [0, 0.1) is 5.82 Å². The summed E-state index contributed by atoms with van der Waals surface area (Å²) in [6, 6.07) is 1.74. The average Bonchev–Trinajstić information content (AvgIpc) is 2.26. The normalized spacial score (nSPS) is 17.6. The summed E-state index contributed by atoms with van der Waals surface area (Å²) in [6.07, 6.45) is 0. The third-order valence-corrected chi connectivity index (χ3v) is 3.23. The molecule has 1 aromatic carbocycles. The molecule has 1 aromatic rings. The van der Waals surface area contributed by atoms with E-state index in [1.807, 2.05) is 0 Å². The number of benzene rings is 1. The second-order valence-electron chi connectivity index (χ2n) is 2.80. The fourth-order valence-corrected chi connectivity index (χ4v) is 2.39. The van der Waals surface area contributed by atoms with Crippen LogP contribution in [0.15, 0.2) is 17.0 Å². The van der Waals surface area contributed by atoms with Crippen LogP contribution in [0.4, 0.5) is 4.39 Å². The lowest BCUT2D eigenvalue weighted by molar-refractivity contribution is 0.0984. The van der Waals surface area contributed by atoms with Gasteiger partial charge in [0.2, 0.25) is 0 Å². The minimum atomic E-state index is -3.84. The van der Waals surface area contributed by atoms with Gasteiger partial charge in [-0.25, -0.2) is 17.5 Å². The lowest BCUT2D eigenvalue weighted by Gasteiger charge is -1.99. The lowest BCUT2D eigenvalue weighted by Crippen LogP contribution is -2.20. The molecule has 0 aromatic heterocycles. The van der Waals surface area contributed by atoms with Gasteiger partial charge in [-0.05, 0) is 12.1 Å². The van der Waals surface area contributed by atoms with Crippen LogP contribution in [-0.4, -0.2) is 22.2 Å². The van der Waals surface area contributed by atoms with Gasteiger partial charge < -0.3 is 0 Å². The van der Waals surface area contributed by atoms with Crippen molar-refractivity contribution in [2.45, 2.75) is 4.90 Å². The highest BCUT2D eigenvalue weighted by Gasteiger charge is 2.33. The highest BCUT2D eigenvalue weighted by molar-refractivity contribution is 7.90. The van der Waals surface area contributed by atoms with E-state index in [0.29, 0.717) is 0 Å². The molecule has 14 heavy (non-hydrogen) atoms. The van der Waals surface area contributed by atoms with Crippen molar-refractivity contribution in [3.8, 4) is 0 Å². The summed E-state index contributed by atoms with van der Waals surface area (Å²) in [5.74, 6) is -1.64. The zero-order chi connectivity index (χ0) is 10.5. The third kappa shape index (κ3) is 1.12. The van der Waals surface area contributed by atoms with Crippen LogP contribution in [0.3, 0.4) is 0 Å². The first kappa shape index (κ1) is 9.20. The Hall–Kier alpha value is -1.37. The Balaban J connectivity index is 2.83. The fraction of sp³-hybridized carbons (Fsp3) is 0. The van der Waals surface area contributed by atoms with Crippen molar-refractivity contribution < 1.29 is 17.6 Å². The SMILES string of the molecule is [B]c1cc2c(cc1F)C(=O)NS2(=O)=O. The molecule has 0 fully saturated rings. The summed E-state index contributed by atoms with van der Waals surface area (Å²) in [4.78, 5) is 10.8. The Labute approximate surface area is 80.6 Å². The van der Waals surface area contributed by atoms with Gasteiger partial charge >= 0.3 is 0 Å². The van der Waals surface area contributed by atoms with E-state index in [4.69, 9.17) is 7.85 Å². The van der Waals surface area contributed by atoms with Gasteiger partial charge in [0.15, 0.2) is 0 Å². The Morgan fingerprint density at radius 1 is 1.36 bits per heavy atom. The number of carbonyl (C=O) groups is 1. The van der Waals surface area contributed by atoms with Crippen LogP contribution < -0.4 is 10.2 Å². The molecule has 0 saturated heterocycles. The molecule has 1 heterocycles. The Morgan fingerprint density at radius 3 is 2.64 bits per heavy atom. The third-order valence-electron chi connectivity index (χ3n) is 1.86. The van der Waals surface area contributed by atoms with Crippen molar-refractivity contribution in [3.05, 3.63) is 23.5 Å². The number of nitrogens with one attached hydrogen (secondary N) is 1. The van der Waals surface area contributed by atoms with Crippen LogP contribution in [0.2, 0.25) is 0 Å². The van der Waals surface area contributed by atoms with Crippen molar-refractivity contribution in [1.29, 1.82) is 0 Å². The molecule has 1 N–H and O–H groups in total. The first-order valence-electron chi connectivity index (χ1n) is 3.58. The van der Waals surface area contributed by atoms with E-state index in [9.17, 15) is 17.6 Å². The number of hydrogen-bond donors (Lipinski definition) is 1. The minimum absolute atomic E-state index is 0.211. The number of halogens is 1. The van der Waals surface area contributed by atoms with Gasteiger partial charge in [0.1, 0.15) is 13.7 Å². The summed E-state index contributed by atoms with van der Waals surface area (Å²) in [6.45, 7) is 0. The minimum Gasteiger partial charge on any atom is -0.268 e. The molecular formula is C7H3BFNO3S. The van der Waals surface area contributed by atoms with Crippen molar-refractivity contribution in [3.63, 3.8) is 0 Å². The number of rotatable bonds is 0. The number of fused-ring (bicyclic) bond motifs is 1. The molecule has 0 spiro atoms. The highest BCUT2D eigenvalue weighted by Crippen LogP contribution is 2.21. The average molecular weight is 211 g/mol. The van der Waals surface area contributed by atoms with Crippen LogP contribution in [0.1, 0.15) is 10.4 Å². The maximum atomic E-state index is 12.9. The van der Waals surface area contributed by atoms with E-state index < -0.39 is 21.7 Å². The number of hydrogen-bond acceptors (Lipinski definition) is 3. The summed E-state index contributed by atoms with van der Waals surface area (Å²) in [7, 11) is 1.34. The van der Waals surface area contributed by atoms with Gasteiger partial charge in [-0.1, -0.05) is 5.46 Å². The van der Waals surface area contributed by atoms with E-state index in [2.05, 4.69) is 0 Å². The Kier molecular flexibility index (Phi) is 1.69. The molecule has 1 aliphatic rings. The van der Waals surface area contributed by atoms with Crippen molar-refractivity contribution >= 4 is 29.2 Å². The van der Waals surface area contributed by atoms with E-state index >= 15 is 0 Å². The van der Waals surface area contributed by atoms with Crippen LogP contribution in [0.25, 0.3) is 0 Å². The largest absolute Gasteiger partial charge is 0.268 e. The van der Waals surface area contributed by atoms with Gasteiger partial charge in [-0.2, -0.15) is 0 Å². The Morgan fingerprint density at radius 2 is 2.00 bits per heavy atom. The molecule has 7 heteroatoms. The first-order valence-corrected chi connectivity index (χ1v) is 5.06. The smallest absolute Gasteiger partial charge is 0.266 e. The molecule has 2 rings (SSSR count). The van der Waals surface area contributed by atoms with Crippen molar-refractivity contribution in [1.82, 2.24) is 4.72 Å². The molecule has 2 radical (unpaired) electrons. The first-order chi connectivity index (χ1) is 6.42. The van der Waals surface area contributed by atoms with E-state index in [-0.39, 0.29) is 15.9 Å². The second-order valence-corrected chi connectivity index (χ2v) is 4.46. The number of sulfonamides is 1. The van der Waals surface area contributed by atoms with Gasteiger partial charge in [0, 0.05) is 0 Å². The summed E-state index contributed by atoms with van der Waals surface area (Å²) in [5, 5.41) is 0. The van der Waals surface area contributed by atoms with E-state index in [1.165, 1.54) is 0 Å². The van der Waals surface area contributed by atoms with Crippen LogP contribution in [-0.2, 0) is 10.0 Å². The molecule has 1 aliphatic heterocycles. The maximum absolute atomic E-state index is 12.9. The predicted octanol–water partition coefficient (Wildman–Crippen LogP) is -0.948. The van der Waals surface area contributed by atoms with Gasteiger partial charge in [-0.15, -0.1) is 0 Å². The Bertz CT molecular complexity index is 540. The standard InChI is InChI=1S/C7H3BFNO3S/c8-4-2-6-3(1-5(4)9)7(11)10-14(6,12)13/h1-2H,(H,10,11). The number of carbonyl (C=O) groups excluding carboxylic acids is 1. The molecule has 1 amide bonds. The highest BCUT2D eigenvalue weighted by atomic mass is 32.2. The molecule has 0 bridgehead atoms. The predicted molar refractivity (Wildman–Crippen MR) is 46.4 cm³/mol. The second kappa shape index (κ2) is 2.57. The summed E-state index contributed by atoms with van der Waals surface area (Å²) >= 11 is 0. The molecule has 0 atom stereocenters. The monoisotopic (exact) mass is 211 g/mol. The lowest BCUT2D eigenvalue weighted by atomic mass is 9.94. The van der Waals surface area contributed by atoms with Crippen molar-refractivity contribution in [2.24, 2.45) is 0 Å². The zero-order valence-electron chi connectivity index (χ0n) is 6.74. The topological polar surface area (TPSA) is 63.2 Å². The quantitative estimate of drug-likeness (QED) is 0.562. The molecule has 0 aliphatic carbocycles. The molecule has 4 nitrogen and oxygen atoms in total. The van der Waals surface area contributed by atoms with Crippen LogP contribution >= 0.6 is 0 Å². The van der Waals surface area contributed by atoms with Gasteiger partial charge in [-0.3, -0.25) is 4.79 Å². The van der Waals surface area contributed by atoms with E-state index in [0.717, 1.165) is 12.1 Å². The van der Waals surface area contributed by atoms with Crippen LogP contribution in [0.5, 0.6) is 0 Å². The fourth-order valence-electron chi connectivity index (χ4n) is 1.20. The molecular weight excluding hydrogens is 208 g/mol. The van der Waals surface area contributed by atoms with Gasteiger partial charge in [0.25, 0.3) is 15.9 Å². The van der Waals surface area contributed by atoms with E-state index in [1.54, 1.807) is 4.72 Å². The van der Waals surface area contributed by atoms with Crippen molar-refractivity contribution in [2.75, 3.05) is 0 Å². The van der Waals surface area contributed by atoms with Gasteiger partial charge in [0.05, 0.1) is 10.5 Å². The molecule has 0 unspecified atom stereocenters. The molecule has 70 valence electrons. The maximum Gasteiger partial charge on any atom is 0.266 e. The molecule has 0 saturated carbocycles. The summed E-state index contributed by atoms with van der Waals surface area (Å²) in [5.41, 5.74) is -0.513. The summed E-state index contributed by atoms with van der Waals surface area (Å²) < 4.78 is 37.1. The number of amides is 1. The zero-order valence-corrected chi connectivity index (χ0v) is 7.56.